The van der Waals surface area contributed by atoms with E-state index in [-0.39, 0.29) is 6.04 Å². The molecule has 0 amide bonds. The Kier molecular flexibility index (Phi) is 8.97. The van der Waals surface area contributed by atoms with Crippen molar-refractivity contribution in [1.82, 2.24) is 0 Å². The van der Waals surface area contributed by atoms with E-state index in [9.17, 15) is 0 Å². The van der Waals surface area contributed by atoms with Gasteiger partial charge in [-0.05, 0) is 46.4 Å². The Morgan fingerprint density at radius 2 is 1.30 bits per heavy atom. The number of nitrogens with zero attached hydrogens (tertiary/aromatic N) is 1. The molecule has 2 saturated carbocycles. The van der Waals surface area contributed by atoms with Crippen molar-refractivity contribution in [3.63, 3.8) is 0 Å². The first-order chi connectivity index (χ1) is 22.6. The lowest BCUT2D eigenvalue weighted by Crippen LogP contribution is -2.39. The summed E-state index contributed by atoms with van der Waals surface area (Å²) in [6.07, 6.45) is 16.5. The molecule has 2 aliphatic carbocycles. The van der Waals surface area contributed by atoms with Crippen LogP contribution in [0.25, 0.3) is 22.3 Å². The van der Waals surface area contributed by atoms with Crippen molar-refractivity contribution in [3.8, 4) is 22.3 Å². The van der Waals surface area contributed by atoms with Crippen LogP contribution in [0.4, 0.5) is 5.69 Å². The summed E-state index contributed by atoms with van der Waals surface area (Å²) in [6, 6.07) is 38.7. The summed E-state index contributed by atoms with van der Waals surface area (Å²) in [7, 11) is 0. The molecule has 4 aromatic rings. The summed E-state index contributed by atoms with van der Waals surface area (Å²) in [5.41, 5.74) is 9.88. The Hall–Kier alpha value is -4.30. The fraction of sp³-hybridized carbons (Fsp3) is 0.318. The van der Waals surface area contributed by atoms with Crippen LogP contribution in [0.5, 0.6) is 0 Å². The highest BCUT2D eigenvalue weighted by Crippen LogP contribution is 2.50. The fourth-order valence-corrected chi connectivity index (χ4v) is 8.64. The highest BCUT2D eigenvalue weighted by atomic mass is 15.1. The number of benzene rings is 4. The van der Waals surface area contributed by atoms with Crippen LogP contribution in [-0.2, 0) is 0 Å². The van der Waals surface area contributed by atoms with E-state index in [0.29, 0.717) is 11.8 Å². The highest BCUT2D eigenvalue weighted by Gasteiger charge is 2.41. The van der Waals surface area contributed by atoms with Crippen molar-refractivity contribution in [1.29, 1.82) is 0 Å². The van der Waals surface area contributed by atoms with E-state index in [1.54, 1.807) is 0 Å². The van der Waals surface area contributed by atoms with Crippen LogP contribution in [0.1, 0.15) is 81.9 Å². The topological polar surface area (TPSA) is 15.0 Å². The molecule has 3 aliphatic rings. The van der Waals surface area contributed by atoms with Crippen LogP contribution >= 0.6 is 0 Å². The quantitative estimate of drug-likeness (QED) is 0.156. The summed E-state index contributed by atoms with van der Waals surface area (Å²) in [5, 5.41) is 4.21. The number of nitrogens with one attached hydrogen (secondary N) is 1. The van der Waals surface area contributed by atoms with E-state index in [4.69, 9.17) is 6.72 Å². The van der Waals surface area contributed by atoms with Crippen LogP contribution in [0.15, 0.2) is 127 Å². The molecule has 4 atom stereocenters. The third-order valence-electron chi connectivity index (χ3n) is 10.9. The van der Waals surface area contributed by atoms with Crippen molar-refractivity contribution >= 4 is 12.4 Å². The van der Waals surface area contributed by atoms with Crippen LogP contribution in [-0.4, -0.2) is 11.3 Å². The predicted octanol–water partition coefficient (Wildman–Crippen LogP) is 11.6. The zero-order valence-corrected chi connectivity index (χ0v) is 27.5. The van der Waals surface area contributed by atoms with Gasteiger partial charge in [0, 0.05) is 17.0 Å². The first-order valence-corrected chi connectivity index (χ1v) is 17.5. The number of rotatable bonds is 8. The van der Waals surface area contributed by atoms with Gasteiger partial charge in [-0.2, -0.15) is 0 Å². The molecule has 0 radical (unpaired) electrons. The summed E-state index contributed by atoms with van der Waals surface area (Å²) in [6.45, 7) is 9.45. The van der Waals surface area contributed by atoms with Gasteiger partial charge in [0.1, 0.15) is 17.8 Å². The average molecular weight is 605 g/mol. The molecular weight excluding hydrogens is 556 g/mol. The van der Waals surface area contributed by atoms with Crippen molar-refractivity contribution < 1.29 is 4.58 Å². The van der Waals surface area contributed by atoms with Gasteiger partial charge in [0.25, 0.3) is 0 Å². The van der Waals surface area contributed by atoms with E-state index in [1.165, 1.54) is 90.1 Å². The lowest BCUT2D eigenvalue weighted by molar-refractivity contribution is -0.463. The van der Waals surface area contributed by atoms with Gasteiger partial charge >= 0.3 is 0 Å². The monoisotopic (exact) mass is 604 g/mol. The van der Waals surface area contributed by atoms with Crippen molar-refractivity contribution in [2.24, 2.45) is 17.8 Å². The van der Waals surface area contributed by atoms with E-state index in [0.717, 1.165) is 17.5 Å². The number of hydrogen-bond donors (Lipinski definition) is 1. The van der Waals surface area contributed by atoms with Gasteiger partial charge in [-0.3, -0.25) is 4.58 Å². The summed E-state index contributed by atoms with van der Waals surface area (Å²) < 4.78 is 2.32. The van der Waals surface area contributed by atoms with Crippen LogP contribution in [0.2, 0.25) is 0 Å². The normalized spacial score (nSPS) is 21.9. The SMILES string of the molecule is C=[N+]1C(C(Nc2c(-c3ccccc3)cccc2-c2ccccc2)c2ccccc2C(C)C)=CC=C[C-]1C1CCCC2CCCCC21. The molecule has 0 bridgehead atoms. The summed E-state index contributed by atoms with van der Waals surface area (Å²) in [4.78, 5) is 0. The standard InChI is InChI=1S/C44H48N2/c1-31(2)35-23-12-13-25-40(35)44(42-30-16-29-41(46(42)3)39-28-14-22-32-21-10-11-24-36(32)39)45-43-37(33-17-6-4-7-18-33)26-15-27-38(43)34-19-8-5-9-20-34/h4-9,12-13,15-20,23,25-27,29-32,36,39,44-45H,3,10-11,14,21-22,24,28H2,1-2H3. The molecule has 7 rings (SSSR count). The fourth-order valence-electron chi connectivity index (χ4n) is 8.64. The first kappa shape index (κ1) is 30.4. The highest BCUT2D eigenvalue weighted by molar-refractivity contribution is 5.91. The second kappa shape index (κ2) is 13.6. The molecule has 2 heteroatoms. The Morgan fingerprint density at radius 1 is 0.696 bits per heavy atom. The minimum Gasteiger partial charge on any atom is -0.375 e. The Balaban J connectivity index is 1.35. The molecule has 0 spiro atoms. The second-order valence-electron chi connectivity index (χ2n) is 13.9. The van der Waals surface area contributed by atoms with Gasteiger partial charge in [0.05, 0.1) is 12.4 Å². The maximum atomic E-state index is 4.83. The molecule has 0 aromatic heterocycles. The number of hydrogen-bond acceptors (Lipinski definition) is 1. The van der Waals surface area contributed by atoms with Gasteiger partial charge in [-0.1, -0.05) is 168 Å². The number of allylic oxidation sites excluding steroid dienone is 2. The largest absolute Gasteiger partial charge is 0.375 e. The average Bonchev–Trinajstić information content (AvgIpc) is 3.11. The Morgan fingerprint density at radius 3 is 1.98 bits per heavy atom. The molecule has 46 heavy (non-hydrogen) atoms. The van der Waals surface area contributed by atoms with E-state index in [1.807, 2.05) is 0 Å². The van der Waals surface area contributed by atoms with Gasteiger partial charge < -0.3 is 5.32 Å². The molecule has 1 heterocycles. The van der Waals surface area contributed by atoms with Gasteiger partial charge in [-0.25, -0.2) is 0 Å². The molecule has 1 aliphatic heterocycles. The zero-order chi connectivity index (χ0) is 31.5. The van der Waals surface area contributed by atoms with Gasteiger partial charge in [0.2, 0.25) is 0 Å². The lowest BCUT2D eigenvalue weighted by Gasteiger charge is -2.45. The van der Waals surface area contributed by atoms with E-state index >= 15 is 0 Å². The Bertz CT molecular complexity index is 1650. The number of para-hydroxylation sites is 1. The van der Waals surface area contributed by atoms with Crippen molar-refractivity contribution in [3.05, 3.63) is 144 Å². The maximum Gasteiger partial charge on any atom is 0.126 e. The minimum atomic E-state index is -0.0888. The molecule has 4 aromatic carbocycles. The Labute approximate surface area is 276 Å². The summed E-state index contributed by atoms with van der Waals surface area (Å²) >= 11 is 0. The van der Waals surface area contributed by atoms with Gasteiger partial charge in [0.15, 0.2) is 0 Å². The molecule has 4 unspecified atom stereocenters. The maximum absolute atomic E-state index is 4.83. The second-order valence-corrected chi connectivity index (χ2v) is 13.9. The van der Waals surface area contributed by atoms with Crippen LogP contribution < -0.4 is 5.32 Å². The van der Waals surface area contributed by atoms with E-state index in [2.05, 4.69) is 145 Å². The minimum absolute atomic E-state index is 0.0888. The molecule has 0 saturated heterocycles. The van der Waals surface area contributed by atoms with Crippen LogP contribution in [0.3, 0.4) is 0 Å². The molecule has 2 fully saturated rings. The first-order valence-electron chi connectivity index (χ1n) is 17.5. The third-order valence-corrected chi connectivity index (χ3v) is 10.9. The lowest BCUT2D eigenvalue weighted by atomic mass is 9.63. The number of fused-ring (bicyclic) bond motifs is 1. The van der Waals surface area contributed by atoms with E-state index < -0.39 is 0 Å². The summed E-state index contributed by atoms with van der Waals surface area (Å²) in [5.74, 6) is 2.62. The molecule has 1 N–H and O–H groups in total. The van der Waals surface area contributed by atoms with Crippen molar-refractivity contribution in [2.45, 2.75) is 70.8 Å². The molecule has 234 valence electrons. The predicted molar refractivity (Wildman–Crippen MR) is 195 cm³/mol. The smallest absolute Gasteiger partial charge is 0.126 e. The van der Waals surface area contributed by atoms with Crippen LogP contribution in [0, 0.1) is 23.8 Å². The molecule has 2 nitrogen and oxygen atoms in total. The third kappa shape index (κ3) is 5.98. The van der Waals surface area contributed by atoms with Gasteiger partial charge in [-0.15, -0.1) is 6.08 Å². The zero-order valence-electron chi connectivity index (χ0n) is 27.5. The van der Waals surface area contributed by atoms with Crippen molar-refractivity contribution in [2.75, 3.05) is 5.32 Å². The molecular formula is C44H48N2. The number of anilines is 1.